The van der Waals surface area contributed by atoms with Crippen molar-refractivity contribution in [3.05, 3.63) is 0 Å². The molecule has 0 heterocycles. The Kier molecular flexibility index (Phi) is 12.1. The Labute approximate surface area is 176 Å². The lowest BCUT2D eigenvalue weighted by atomic mass is 9.97. The van der Waals surface area contributed by atoms with Gasteiger partial charge in [0, 0.05) is 6.54 Å². The zero-order valence-corrected chi connectivity index (χ0v) is 18.0. The number of aliphatic imine (C=N–C) groups is 1. The third-order valence-corrected chi connectivity index (χ3v) is 4.52. The highest BCUT2D eigenvalue weighted by Crippen LogP contribution is 2.10. The summed E-state index contributed by atoms with van der Waals surface area (Å²) in [6.07, 6.45) is 1.01. The fourth-order valence-electron chi connectivity index (χ4n) is 2.41. The highest BCUT2D eigenvalue weighted by atomic mass is 16.4. The van der Waals surface area contributed by atoms with Gasteiger partial charge in [0.15, 0.2) is 5.96 Å². The predicted molar refractivity (Wildman–Crippen MR) is 112 cm³/mol. The second-order valence-electron chi connectivity index (χ2n) is 7.24. The minimum atomic E-state index is -1.21. The summed E-state index contributed by atoms with van der Waals surface area (Å²) in [5, 5.41) is 16.9. The summed E-state index contributed by atoms with van der Waals surface area (Å²) in [7, 11) is 0. The van der Waals surface area contributed by atoms with Crippen LogP contribution in [-0.4, -0.2) is 65.5 Å². The number of carboxylic acids is 1. The van der Waals surface area contributed by atoms with Gasteiger partial charge in [0.25, 0.3) is 0 Å². The van der Waals surface area contributed by atoms with Crippen molar-refractivity contribution < 1.29 is 24.3 Å². The molecule has 0 bridgehead atoms. The van der Waals surface area contributed by atoms with E-state index < -0.39 is 47.9 Å². The lowest BCUT2D eigenvalue weighted by molar-refractivity contribution is -0.142. The lowest BCUT2D eigenvalue weighted by Gasteiger charge is -2.27. The van der Waals surface area contributed by atoms with Gasteiger partial charge in [-0.2, -0.15) is 0 Å². The SMILES string of the molecule is CCC(C)C(NC(=O)C(C)NC(=O)C(C)N)C(=O)NC(CCCN=C(N)N)C(=O)O. The van der Waals surface area contributed by atoms with Crippen LogP contribution in [0.4, 0.5) is 0 Å². The van der Waals surface area contributed by atoms with E-state index in [9.17, 15) is 24.3 Å². The summed E-state index contributed by atoms with van der Waals surface area (Å²) >= 11 is 0. The Morgan fingerprint density at radius 1 is 0.967 bits per heavy atom. The van der Waals surface area contributed by atoms with Crippen molar-refractivity contribution in [1.29, 1.82) is 0 Å². The summed E-state index contributed by atoms with van der Waals surface area (Å²) in [5.41, 5.74) is 15.9. The Hall–Kier alpha value is -2.89. The summed E-state index contributed by atoms with van der Waals surface area (Å²) < 4.78 is 0. The number of carboxylic acid groups (broad SMARTS) is 1. The Balaban J connectivity index is 5.11. The predicted octanol–water partition coefficient (Wildman–Crippen LogP) is -2.01. The number of amides is 3. The van der Waals surface area contributed by atoms with Crippen molar-refractivity contribution in [1.82, 2.24) is 16.0 Å². The number of nitrogens with zero attached hydrogens (tertiary/aromatic N) is 1. The van der Waals surface area contributed by atoms with Gasteiger partial charge in [0.1, 0.15) is 18.1 Å². The standard InChI is InChI=1S/C18H35N7O5/c1-5-9(2)13(25-15(27)11(4)23-14(26)10(3)19)16(28)24-12(17(29)30)7-6-8-22-18(20)21/h9-13H,5-8,19H2,1-4H3,(H,23,26)(H,24,28)(H,25,27)(H,29,30)(H4,20,21,22). The van der Waals surface area contributed by atoms with E-state index in [1.165, 1.54) is 13.8 Å². The number of nitrogens with two attached hydrogens (primary N) is 3. The van der Waals surface area contributed by atoms with E-state index >= 15 is 0 Å². The van der Waals surface area contributed by atoms with E-state index in [0.29, 0.717) is 12.8 Å². The van der Waals surface area contributed by atoms with Crippen LogP contribution in [0.25, 0.3) is 0 Å². The molecule has 0 saturated carbocycles. The van der Waals surface area contributed by atoms with Crippen LogP contribution in [0.3, 0.4) is 0 Å². The molecule has 0 aromatic heterocycles. The van der Waals surface area contributed by atoms with E-state index in [1.54, 1.807) is 6.92 Å². The van der Waals surface area contributed by atoms with Crippen LogP contribution in [0.15, 0.2) is 4.99 Å². The molecule has 12 heteroatoms. The van der Waals surface area contributed by atoms with Crippen LogP contribution >= 0.6 is 0 Å². The van der Waals surface area contributed by atoms with Gasteiger partial charge >= 0.3 is 5.97 Å². The van der Waals surface area contributed by atoms with Crippen LogP contribution in [0.5, 0.6) is 0 Å². The van der Waals surface area contributed by atoms with Crippen LogP contribution in [0.1, 0.15) is 47.0 Å². The molecule has 10 N–H and O–H groups in total. The smallest absolute Gasteiger partial charge is 0.326 e. The molecule has 5 unspecified atom stereocenters. The van der Waals surface area contributed by atoms with Crippen molar-refractivity contribution in [3.63, 3.8) is 0 Å². The van der Waals surface area contributed by atoms with Gasteiger partial charge in [-0.15, -0.1) is 0 Å². The van der Waals surface area contributed by atoms with Gasteiger partial charge in [-0.3, -0.25) is 19.4 Å². The van der Waals surface area contributed by atoms with Gasteiger partial charge in [-0.05, 0) is 32.6 Å². The van der Waals surface area contributed by atoms with Crippen molar-refractivity contribution in [2.24, 2.45) is 28.1 Å². The molecule has 0 aromatic rings. The van der Waals surface area contributed by atoms with Gasteiger partial charge in [-0.25, -0.2) is 4.79 Å². The first kappa shape index (κ1) is 27.1. The fraction of sp³-hybridized carbons (Fsp3) is 0.722. The molecular formula is C18H35N7O5. The molecule has 0 radical (unpaired) electrons. The number of carbonyl (C=O) groups is 4. The number of rotatable bonds is 13. The normalized spacial score (nSPS) is 15.6. The maximum absolute atomic E-state index is 12.7. The zero-order chi connectivity index (χ0) is 23.4. The highest BCUT2D eigenvalue weighted by Gasteiger charge is 2.31. The van der Waals surface area contributed by atoms with Crippen molar-refractivity contribution in [2.75, 3.05) is 6.54 Å². The molecule has 0 aliphatic carbocycles. The molecular weight excluding hydrogens is 394 g/mol. The maximum atomic E-state index is 12.7. The van der Waals surface area contributed by atoms with Crippen LogP contribution < -0.4 is 33.2 Å². The quantitative estimate of drug-likeness (QED) is 0.0983. The van der Waals surface area contributed by atoms with Crippen LogP contribution in [0, 0.1) is 5.92 Å². The molecule has 0 aromatic carbocycles. The zero-order valence-electron chi connectivity index (χ0n) is 18.0. The average molecular weight is 430 g/mol. The van der Waals surface area contributed by atoms with Gasteiger partial charge < -0.3 is 38.3 Å². The first-order valence-corrected chi connectivity index (χ1v) is 9.85. The number of hydrogen-bond acceptors (Lipinski definition) is 6. The number of nitrogens with one attached hydrogen (secondary N) is 3. The summed E-state index contributed by atoms with van der Waals surface area (Å²) in [5.74, 6) is -3.30. The second kappa shape index (κ2) is 13.4. The van der Waals surface area contributed by atoms with E-state index in [2.05, 4.69) is 20.9 Å². The molecule has 30 heavy (non-hydrogen) atoms. The third kappa shape index (κ3) is 10.0. The summed E-state index contributed by atoms with van der Waals surface area (Å²) in [4.78, 5) is 52.1. The monoisotopic (exact) mass is 429 g/mol. The number of carbonyl (C=O) groups excluding carboxylic acids is 3. The minimum absolute atomic E-state index is 0.101. The van der Waals surface area contributed by atoms with Crippen molar-refractivity contribution >= 4 is 29.7 Å². The van der Waals surface area contributed by atoms with Crippen LogP contribution in [-0.2, 0) is 19.2 Å². The highest BCUT2D eigenvalue weighted by molar-refractivity contribution is 5.93. The van der Waals surface area contributed by atoms with Crippen molar-refractivity contribution in [2.45, 2.75) is 71.1 Å². The number of aliphatic carboxylic acids is 1. The van der Waals surface area contributed by atoms with E-state index in [4.69, 9.17) is 17.2 Å². The molecule has 0 aliphatic rings. The average Bonchev–Trinajstić information content (AvgIpc) is 2.66. The van der Waals surface area contributed by atoms with Gasteiger partial charge in [-0.1, -0.05) is 20.3 Å². The number of hydrogen-bond donors (Lipinski definition) is 7. The Morgan fingerprint density at radius 3 is 2.03 bits per heavy atom. The Morgan fingerprint density at radius 2 is 1.57 bits per heavy atom. The molecule has 172 valence electrons. The topological polar surface area (TPSA) is 215 Å². The van der Waals surface area contributed by atoms with Gasteiger partial charge in [0.05, 0.1) is 6.04 Å². The molecule has 0 fully saturated rings. The van der Waals surface area contributed by atoms with Crippen molar-refractivity contribution in [3.8, 4) is 0 Å². The molecule has 5 atom stereocenters. The minimum Gasteiger partial charge on any atom is -0.480 e. The molecule has 0 rings (SSSR count). The summed E-state index contributed by atoms with van der Waals surface area (Å²) in [6.45, 7) is 6.76. The molecule has 12 nitrogen and oxygen atoms in total. The fourth-order valence-corrected chi connectivity index (χ4v) is 2.41. The number of guanidine groups is 1. The maximum Gasteiger partial charge on any atom is 0.326 e. The largest absolute Gasteiger partial charge is 0.480 e. The van der Waals surface area contributed by atoms with E-state index in [0.717, 1.165) is 0 Å². The second-order valence-corrected chi connectivity index (χ2v) is 7.24. The van der Waals surface area contributed by atoms with Crippen LogP contribution in [0.2, 0.25) is 0 Å². The first-order chi connectivity index (χ1) is 13.9. The first-order valence-electron chi connectivity index (χ1n) is 9.85. The Bertz CT molecular complexity index is 634. The van der Waals surface area contributed by atoms with E-state index in [1.807, 2.05) is 6.92 Å². The molecule has 0 spiro atoms. The third-order valence-electron chi connectivity index (χ3n) is 4.52. The molecule has 3 amide bonds. The lowest BCUT2D eigenvalue weighted by Crippen LogP contribution is -2.57. The summed E-state index contributed by atoms with van der Waals surface area (Å²) in [6, 6.07) is -3.84. The van der Waals surface area contributed by atoms with E-state index in [-0.39, 0.29) is 24.8 Å². The molecule has 0 aliphatic heterocycles. The van der Waals surface area contributed by atoms with Gasteiger partial charge in [0.2, 0.25) is 17.7 Å². The molecule has 0 saturated heterocycles.